The lowest BCUT2D eigenvalue weighted by Gasteiger charge is -2.17. The summed E-state index contributed by atoms with van der Waals surface area (Å²) >= 11 is 1.45. The largest absolute Gasteiger partial charge is 0.489 e. The van der Waals surface area contributed by atoms with E-state index in [-0.39, 0.29) is 11.6 Å². The molecule has 0 fully saturated rings. The van der Waals surface area contributed by atoms with Crippen LogP contribution in [0.3, 0.4) is 0 Å². The van der Waals surface area contributed by atoms with Gasteiger partial charge in [0.25, 0.3) is 11.8 Å². The van der Waals surface area contributed by atoms with Crippen LogP contribution in [0.15, 0.2) is 144 Å². The average Bonchev–Trinajstić information content (AvgIpc) is 3.56. The van der Waals surface area contributed by atoms with Crippen LogP contribution in [0.25, 0.3) is 6.08 Å². The van der Waals surface area contributed by atoms with E-state index >= 15 is 0 Å². The first-order valence-corrected chi connectivity index (χ1v) is 16.3. The molecule has 5 aromatic rings. The Morgan fingerprint density at radius 3 is 2.19 bits per heavy atom. The van der Waals surface area contributed by atoms with Crippen LogP contribution in [-0.4, -0.2) is 30.0 Å². The highest BCUT2D eigenvalue weighted by molar-refractivity contribution is 8.00. The van der Waals surface area contributed by atoms with Gasteiger partial charge in [0.2, 0.25) is 5.91 Å². The molecular weight excluding hydrogens is 607 g/mol. The number of carbonyl (C=O) groups excluding carboxylic acids is 3. The van der Waals surface area contributed by atoms with Crippen molar-refractivity contribution in [1.82, 2.24) is 5.32 Å². The minimum Gasteiger partial charge on any atom is -0.489 e. The molecule has 1 heterocycles. The fourth-order valence-corrected chi connectivity index (χ4v) is 5.94. The molecule has 0 aromatic heterocycles. The fourth-order valence-electron chi connectivity index (χ4n) is 5.16. The molecule has 0 radical (unpaired) electrons. The lowest BCUT2D eigenvalue weighted by atomic mass is 10.1. The van der Waals surface area contributed by atoms with E-state index in [1.807, 2.05) is 95.9 Å². The Kier molecular flexibility index (Phi) is 10.1. The van der Waals surface area contributed by atoms with Gasteiger partial charge in [-0.2, -0.15) is 0 Å². The molecule has 1 aliphatic rings. The second-order valence-electron chi connectivity index (χ2n) is 10.9. The van der Waals surface area contributed by atoms with Crippen molar-refractivity contribution in [3.8, 4) is 5.75 Å². The van der Waals surface area contributed by atoms with Gasteiger partial charge in [-0.05, 0) is 83.8 Å². The summed E-state index contributed by atoms with van der Waals surface area (Å²) in [5.41, 5.74) is 5.05. The summed E-state index contributed by atoms with van der Waals surface area (Å²) < 4.78 is 5.89. The van der Waals surface area contributed by atoms with E-state index in [0.717, 1.165) is 22.6 Å². The summed E-state index contributed by atoms with van der Waals surface area (Å²) in [7, 11) is 0. The summed E-state index contributed by atoms with van der Waals surface area (Å²) in [6.45, 7) is 1.14. The number of ether oxygens (including phenoxy) is 1. The molecule has 5 aromatic carbocycles. The maximum Gasteiger partial charge on any atom is 0.272 e. The van der Waals surface area contributed by atoms with Crippen molar-refractivity contribution in [1.29, 1.82) is 0 Å². The van der Waals surface area contributed by atoms with Crippen molar-refractivity contribution in [3.05, 3.63) is 161 Å². The van der Waals surface area contributed by atoms with Gasteiger partial charge >= 0.3 is 0 Å². The molecule has 0 spiro atoms. The summed E-state index contributed by atoms with van der Waals surface area (Å²) in [6, 6.07) is 41.2. The second-order valence-corrected chi connectivity index (χ2v) is 12.0. The van der Waals surface area contributed by atoms with E-state index in [9.17, 15) is 14.4 Å². The third-order valence-corrected chi connectivity index (χ3v) is 8.63. The SMILES string of the molecule is O=C(Nc1ccc(SCC(=O)N2CCc3ccccc32)cc1)/C(=C/c1ccc(OCc2ccccc2)cc1)NC(=O)c1ccccc1. The average molecular weight is 640 g/mol. The smallest absolute Gasteiger partial charge is 0.272 e. The van der Waals surface area contributed by atoms with E-state index in [4.69, 9.17) is 4.74 Å². The topological polar surface area (TPSA) is 87.7 Å². The molecule has 1 aliphatic heterocycles. The summed E-state index contributed by atoms with van der Waals surface area (Å²) in [5.74, 6) is 0.204. The van der Waals surface area contributed by atoms with Gasteiger partial charge in [-0.3, -0.25) is 14.4 Å². The highest BCUT2D eigenvalue weighted by Crippen LogP contribution is 2.29. The van der Waals surface area contributed by atoms with Crippen molar-refractivity contribution in [2.24, 2.45) is 0 Å². The number of anilines is 2. The zero-order valence-electron chi connectivity index (χ0n) is 25.6. The standard InChI is InChI=1S/C39H33N3O4S/c43-37(42-24-23-30-11-7-8-14-36(30)42)27-47-34-21-17-32(18-22-34)40-39(45)35(41-38(44)31-12-5-2-6-13-31)25-28-15-19-33(20-16-28)46-26-29-9-3-1-4-10-29/h1-22,25H,23-24,26-27H2,(H,40,45)(H,41,44)/b35-25-. The molecule has 47 heavy (non-hydrogen) atoms. The molecule has 234 valence electrons. The maximum atomic E-state index is 13.5. The quantitative estimate of drug-likeness (QED) is 0.117. The number of nitrogens with one attached hydrogen (secondary N) is 2. The first-order valence-electron chi connectivity index (χ1n) is 15.3. The van der Waals surface area contributed by atoms with Gasteiger partial charge in [0, 0.05) is 28.4 Å². The van der Waals surface area contributed by atoms with Gasteiger partial charge in [-0.15, -0.1) is 11.8 Å². The Hall–Kier alpha value is -5.60. The molecule has 3 amide bonds. The molecule has 7 nitrogen and oxygen atoms in total. The van der Waals surface area contributed by atoms with Crippen molar-refractivity contribution < 1.29 is 19.1 Å². The van der Waals surface area contributed by atoms with Crippen LogP contribution in [-0.2, 0) is 22.6 Å². The summed E-state index contributed by atoms with van der Waals surface area (Å²) in [5, 5.41) is 5.66. The molecule has 8 heteroatoms. The normalized spacial score (nSPS) is 12.3. The maximum absolute atomic E-state index is 13.5. The third kappa shape index (κ3) is 8.36. The lowest BCUT2D eigenvalue weighted by molar-refractivity contribution is -0.116. The molecule has 0 saturated carbocycles. The van der Waals surface area contributed by atoms with Crippen LogP contribution in [0.1, 0.15) is 27.0 Å². The molecule has 0 atom stereocenters. The molecule has 2 N–H and O–H groups in total. The minimum atomic E-state index is -0.470. The van der Waals surface area contributed by atoms with Crippen molar-refractivity contribution in [3.63, 3.8) is 0 Å². The Morgan fingerprint density at radius 2 is 1.45 bits per heavy atom. The highest BCUT2D eigenvalue weighted by atomic mass is 32.2. The van der Waals surface area contributed by atoms with E-state index in [2.05, 4.69) is 16.7 Å². The van der Waals surface area contributed by atoms with Crippen molar-refractivity contribution in [2.75, 3.05) is 22.5 Å². The van der Waals surface area contributed by atoms with E-state index in [0.29, 0.717) is 41.5 Å². The monoisotopic (exact) mass is 639 g/mol. The van der Waals surface area contributed by atoms with Gasteiger partial charge < -0.3 is 20.3 Å². The van der Waals surface area contributed by atoms with Gasteiger partial charge in [-0.1, -0.05) is 78.9 Å². The third-order valence-electron chi connectivity index (χ3n) is 7.63. The number of carbonyl (C=O) groups is 3. The number of para-hydroxylation sites is 1. The van der Waals surface area contributed by atoms with Crippen LogP contribution >= 0.6 is 11.8 Å². The number of nitrogens with zero attached hydrogens (tertiary/aromatic N) is 1. The van der Waals surface area contributed by atoms with Crippen LogP contribution in [0.4, 0.5) is 11.4 Å². The number of benzene rings is 5. The van der Waals surface area contributed by atoms with Crippen LogP contribution in [0.2, 0.25) is 0 Å². The van der Waals surface area contributed by atoms with Gasteiger partial charge in [-0.25, -0.2) is 0 Å². The van der Waals surface area contributed by atoms with Gasteiger partial charge in [0.15, 0.2) is 0 Å². The number of rotatable bonds is 11. The van der Waals surface area contributed by atoms with Gasteiger partial charge in [0.1, 0.15) is 18.1 Å². The van der Waals surface area contributed by atoms with E-state index in [1.165, 1.54) is 17.3 Å². The van der Waals surface area contributed by atoms with Crippen LogP contribution in [0, 0.1) is 0 Å². The molecule has 6 rings (SSSR count). The predicted octanol–water partition coefficient (Wildman–Crippen LogP) is 7.36. The number of hydrogen-bond donors (Lipinski definition) is 2. The van der Waals surface area contributed by atoms with E-state index in [1.54, 1.807) is 42.5 Å². The first-order chi connectivity index (χ1) is 23.0. The molecule has 0 saturated heterocycles. The molecular formula is C39H33N3O4S. The van der Waals surface area contributed by atoms with Crippen LogP contribution < -0.4 is 20.3 Å². The number of thioether (sulfide) groups is 1. The Morgan fingerprint density at radius 1 is 0.766 bits per heavy atom. The number of hydrogen-bond acceptors (Lipinski definition) is 5. The number of amides is 3. The lowest BCUT2D eigenvalue weighted by Crippen LogP contribution is -2.30. The first kappa shape index (κ1) is 31.4. The Bertz CT molecular complexity index is 1880. The van der Waals surface area contributed by atoms with Crippen molar-refractivity contribution in [2.45, 2.75) is 17.9 Å². The van der Waals surface area contributed by atoms with Crippen molar-refractivity contribution >= 4 is 46.9 Å². The zero-order valence-corrected chi connectivity index (χ0v) is 26.4. The summed E-state index contributed by atoms with van der Waals surface area (Å²) in [4.78, 5) is 42.2. The molecule has 0 aliphatic carbocycles. The van der Waals surface area contributed by atoms with E-state index < -0.39 is 11.8 Å². The molecule has 0 unspecified atom stereocenters. The number of fused-ring (bicyclic) bond motifs is 1. The Balaban J connectivity index is 1.10. The summed E-state index contributed by atoms with van der Waals surface area (Å²) in [6.07, 6.45) is 2.50. The fraction of sp³-hybridized carbons (Fsp3) is 0.103. The highest BCUT2D eigenvalue weighted by Gasteiger charge is 2.24. The minimum absolute atomic E-state index is 0.0667. The molecule has 0 bridgehead atoms. The predicted molar refractivity (Wildman–Crippen MR) is 187 cm³/mol. The Labute approximate surface area is 278 Å². The second kappa shape index (κ2) is 15.1. The van der Waals surface area contributed by atoms with Gasteiger partial charge in [0.05, 0.1) is 5.75 Å². The van der Waals surface area contributed by atoms with Crippen LogP contribution in [0.5, 0.6) is 5.75 Å². The zero-order chi connectivity index (χ0) is 32.4.